The zero-order valence-corrected chi connectivity index (χ0v) is 12.6. The lowest BCUT2D eigenvalue weighted by atomic mass is 9.96. The molecular weight excluding hydrogens is 254 g/mol. The lowest BCUT2D eigenvalue weighted by molar-refractivity contribution is -0.0383. The van der Waals surface area contributed by atoms with Gasteiger partial charge in [-0.25, -0.2) is 0 Å². The number of ether oxygens (including phenoxy) is 1. The summed E-state index contributed by atoms with van der Waals surface area (Å²) in [5.74, 6) is 0. The summed E-state index contributed by atoms with van der Waals surface area (Å²) in [6.45, 7) is 10.1. The van der Waals surface area contributed by atoms with Crippen LogP contribution >= 0.6 is 22.9 Å². The van der Waals surface area contributed by atoms with Crippen molar-refractivity contribution in [2.45, 2.75) is 45.8 Å². The van der Waals surface area contributed by atoms with Gasteiger partial charge >= 0.3 is 0 Å². The lowest BCUT2D eigenvalue weighted by Crippen LogP contribution is -2.41. The topological polar surface area (TPSA) is 21.3 Å². The average molecular weight is 276 g/mol. The van der Waals surface area contributed by atoms with E-state index >= 15 is 0 Å². The maximum atomic E-state index is 6.23. The van der Waals surface area contributed by atoms with Crippen LogP contribution in [-0.4, -0.2) is 18.8 Å². The normalized spacial score (nSPS) is 13.9. The van der Waals surface area contributed by atoms with Crippen molar-refractivity contribution in [1.29, 1.82) is 0 Å². The fraction of sp³-hybridized carbons (Fsp3) is 0.692. The molecule has 4 heteroatoms. The van der Waals surface area contributed by atoms with Crippen molar-refractivity contribution in [3.8, 4) is 0 Å². The summed E-state index contributed by atoms with van der Waals surface area (Å²) in [6, 6.07) is 2.10. The highest BCUT2D eigenvalue weighted by atomic mass is 35.5. The molecule has 0 amide bonds. The molecule has 0 saturated carbocycles. The molecule has 98 valence electrons. The number of halogens is 1. The SMILES string of the molecule is CCCNC(c1sccc1Cl)C(C)(C)OCC. The third kappa shape index (κ3) is 3.95. The zero-order valence-electron chi connectivity index (χ0n) is 11.0. The Morgan fingerprint density at radius 2 is 2.18 bits per heavy atom. The van der Waals surface area contributed by atoms with Gasteiger partial charge in [0.25, 0.3) is 0 Å². The third-order valence-corrected chi connectivity index (χ3v) is 4.14. The molecule has 0 fully saturated rings. The second-order valence-electron chi connectivity index (χ2n) is 4.56. The van der Waals surface area contributed by atoms with Gasteiger partial charge in [-0.05, 0) is 45.2 Å². The van der Waals surface area contributed by atoms with E-state index in [9.17, 15) is 0 Å². The molecule has 1 unspecified atom stereocenters. The summed E-state index contributed by atoms with van der Waals surface area (Å²) in [5, 5.41) is 6.40. The maximum absolute atomic E-state index is 6.23. The maximum Gasteiger partial charge on any atom is 0.0828 e. The number of nitrogens with one attached hydrogen (secondary N) is 1. The molecular formula is C13H22ClNOS. The van der Waals surface area contributed by atoms with E-state index in [4.69, 9.17) is 16.3 Å². The monoisotopic (exact) mass is 275 g/mol. The van der Waals surface area contributed by atoms with Crippen LogP contribution in [0.2, 0.25) is 5.02 Å². The van der Waals surface area contributed by atoms with Gasteiger partial charge in [-0.1, -0.05) is 18.5 Å². The van der Waals surface area contributed by atoms with Gasteiger partial charge in [0.15, 0.2) is 0 Å². The first-order chi connectivity index (χ1) is 8.03. The van der Waals surface area contributed by atoms with E-state index in [1.54, 1.807) is 11.3 Å². The minimum atomic E-state index is -0.252. The van der Waals surface area contributed by atoms with Crippen molar-refractivity contribution in [2.75, 3.05) is 13.2 Å². The minimum absolute atomic E-state index is 0.148. The van der Waals surface area contributed by atoms with E-state index in [1.165, 1.54) is 4.88 Å². The summed E-state index contributed by atoms with van der Waals surface area (Å²) in [6.07, 6.45) is 1.10. The Bertz CT molecular complexity index is 338. The van der Waals surface area contributed by atoms with Crippen molar-refractivity contribution in [3.63, 3.8) is 0 Å². The second-order valence-corrected chi connectivity index (χ2v) is 5.91. The summed E-state index contributed by atoms with van der Waals surface area (Å²) in [4.78, 5) is 1.17. The third-order valence-electron chi connectivity index (χ3n) is 2.72. The predicted octanol–water partition coefficient (Wildman–Crippen LogP) is 4.26. The van der Waals surface area contributed by atoms with Crippen molar-refractivity contribution >= 4 is 22.9 Å². The van der Waals surface area contributed by atoms with Crippen molar-refractivity contribution in [2.24, 2.45) is 0 Å². The van der Waals surface area contributed by atoms with Gasteiger partial charge in [-0.2, -0.15) is 0 Å². The number of hydrogen-bond donors (Lipinski definition) is 1. The van der Waals surface area contributed by atoms with Gasteiger partial charge < -0.3 is 10.1 Å². The molecule has 1 rings (SSSR count). The second kappa shape index (κ2) is 6.74. The molecule has 1 aromatic heterocycles. The van der Waals surface area contributed by atoms with Gasteiger partial charge in [-0.15, -0.1) is 11.3 Å². The van der Waals surface area contributed by atoms with E-state index < -0.39 is 0 Å². The van der Waals surface area contributed by atoms with Crippen LogP contribution in [0.5, 0.6) is 0 Å². The van der Waals surface area contributed by atoms with Crippen LogP contribution in [0, 0.1) is 0 Å². The Hall–Kier alpha value is -0.0900. The van der Waals surface area contributed by atoms with Gasteiger partial charge in [-0.3, -0.25) is 0 Å². The van der Waals surface area contributed by atoms with Gasteiger partial charge in [0.05, 0.1) is 16.7 Å². The summed E-state index contributed by atoms with van der Waals surface area (Å²) in [5.41, 5.74) is -0.252. The largest absolute Gasteiger partial charge is 0.374 e. The van der Waals surface area contributed by atoms with E-state index in [2.05, 4.69) is 26.1 Å². The van der Waals surface area contributed by atoms with Gasteiger partial charge in [0.1, 0.15) is 0 Å². The van der Waals surface area contributed by atoms with Crippen LogP contribution in [0.3, 0.4) is 0 Å². The number of thiophene rings is 1. The van der Waals surface area contributed by atoms with Crippen molar-refractivity contribution in [3.05, 3.63) is 21.3 Å². The Labute approximate surface area is 113 Å². The molecule has 0 radical (unpaired) electrons. The van der Waals surface area contributed by atoms with Crippen molar-refractivity contribution < 1.29 is 4.74 Å². The van der Waals surface area contributed by atoms with Crippen LogP contribution in [0.15, 0.2) is 11.4 Å². The molecule has 1 N–H and O–H groups in total. The molecule has 17 heavy (non-hydrogen) atoms. The first kappa shape index (κ1) is 15.0. The predicted molar refractivity (Wildman–Crippen MR) is 76.1 cm³/mol. The number of rotatable bonds is 7. The van der Waals surface area contributed by atoms with Gasteiger partial charge in [0, 0.05) is 11.5 Å². The molecule has 1 heterocycles. The number of hydrogen-bond acceptors (Lipinski definition) is 3. The first-order valence-corrected chi connectivity index (χ1v) is 7.39. The minimum Gasteiger partial charge on any atom is -0.374 e. The quantitative estimate of drug-likeness (QED) is 0.803. The summed E-state index contributed by atoms with van der Waals surface area (Å²) in [7, 11) is 0. The Morgan fingerprint density at radius 3 is 2.65 bits per heavy atom. The van der Waals surface area contributed by atoms with Crippen molar-refractivity contribution in [1.82, 2.24) is 5.32 Å². The van der Waals surface area contributed by atoms with Crippen LogP contribution in [0.25, 0.3) is 0 Å². The fourth-order valence-corrected chi connectivity index (χ4v) is 3.32. The first-order valence-electron chi connectivity index (χ1n) is 6.13. The smallest absolute Gasteiger partial charge is 0.0828 e. The molecule has 1 aromatic rings. The average Bonchev–Trinajstić information content (AvgIpc) is 2.65. The lowest BCUT2D eigenvalue weighted by Gasteiger charge is -2.34. The highest BCUT2D eigenvalue weighted by Crippen LogP contribution is 2.36. The highest BCUT2D eigenvalue weighted by molar-refractivity contribution is 7.10. The Morgan fingerprint density at radius 1 is 1.47 bits per heavy atom. The summed E-state index contributed by atoms with van der Waals surface area (Å²) < 4.78 is 5.85. The molecule has 0 saturated heterocycles. The molecule has 0 aliphatic carbocycles. The molecule has 0 aliphatic heterocycles. The Balaban J connectivity index is 2.91. The standard InChI is InChI=1S/C13H22ClNOS/c1-5-8-15-12(13(3,4)16-6-2)11-10(14)7-9-17-11/h7,9,12,15H,5-6,8H2,1-4H3. The van der Waals surface area contributed by atoms with E-state index in [0.29, 0.717) is 6.61 Å². The zero-order chi connectivity index (χ0) is 12.9. The molecule has 2 nitrogen and oxygen atoms in total. The van der Waals surface area contributed by atoms with E-state index in [0.717, 1.165) is 18.0 Å². The highest BCUT2D eigenvalue weighted by Gasteiger charge is 2.33. The van der Waals surface area contributed by atoms with E-state index in [-0.39, 0.29) is 11.6 Å². The van der Waals surface area contributed by atoms with Crippen LogP contribution < -0.4 is 5.32 Å². The molecule has 1 atom stereocenters. The molecule has 0 spiro atoms. The van der Waals surface area contributed by atoms with Crippen LogP contribution in [0.4, 0.5) is 0 Å². The van der Waals surface area contributed by atoms with E-state index in [1.807, 2.05) is 18.4 Å². The van der Waals surface area contributed by atoms with Gasteiger partial charge in [0.2, 0.25) is 0 Å². The molecule has 0 aromatic carbocycles. The molecule has 0 bridgehead atoms. The molecule has 0 aliphatic rings. The van der Waals surface area contributed by atoms with Crippen LogP contribution in [0.1, 0.15) is 45.0 Å². The Kier molecular flexibility index (Phi) is 5.93. The van der Waals surface area contributed by atoms with Crippen LogP contribution in [-0.2, 0) is 4.74 Å². The fourth-order valence-electron chi connectivity index (χ4n) is 1.91. The summed E-state index contributed by atoms with van der Waals surface area (Å²) >= 11 is 7.92.